The second-order valence-corrected chi connectivity index (χ2v) is 2.76. The molecule has 0 bridgehead atoms. The van der Waals surface area contributed by atoms with Gasteiger partial charge >= 0.3 is 35.5 Å². The zero-order valence-corrected chi connectivity index (χ0v) is 10.6. The fourth-order valence-corrected chi connectivity index (χ4v) is 0.890. The molecule has 1 atom stereocenters. The van der Waals surface area contributed by atoms with E-state index in [9.17, 15) is 14.7 Å². The molecule has 0 aromatic heterocycles. The van der Waals surface area contributed by atoms with Gasteiger partial charge in [-0.3, -0.25) is 4.79 Å². The molecule has 0 spiro atoms. The number of carbonyl (C=O) groups is 2. The molecule has 5 nitrogen and oxygen atoms in total. The largest absolute Gasteiger partial charge is 1.00 e. The number of aliphatic carboxylic acids is 2. The Bertz CT molecular complexity index is 186. The summed E-state index contributed by atoms with van der Waals surface area (Å²) in [5.74, 6) is -2.24. The standard InChI is InChI=1S/C8H15NO4.Na/c1-2-5-9-6(8(12)13)3-4-7(10)11;/h6,9H,2-5H2,1H3,(H,10,11)(H,12,13);/q;+1/p-1/t6-;/m0./s1. The van der Waals surface area contributed by atoms with Crippen LogP contribution in [0.2, 0.25) is 0 Å². The van der Waals surface area contributed by atoms with Gasteiger partial charge in [0.25, 0.3) is 0 Å². The molecule has 0 aromatic rings. The Hall–Kier alpha value is -0.100. The second kappa shape index (κ2) is 9.45. The molecule has 0 aliphatic heterocycles. The number of hydrogen-bond donors (Lipinski definition) is 2. The average molecular weight is 211 g/mol. The van der Waals surface area contributed by atoms with Gasteiger partial charge in [0.15, 0.2) is 0 Å². The van der Waals surface area contributed by atoms with Crippen molar-refractivity contribution in [3.8, 4) is 0 Å². The predicted octanol–water partition coefficient (Wildman–Crippen LogP) is -4.03. The maximum Gasteiger partial charge on any atom is 1.00 e. The van der Waals surface area contributed by atoms with Crippen molar-refractivity contribution in [2.24, 2.45) is 0 Å². The number of rotatable bonds is 7. The summed E-state index contributed by atoms with van der Waals surface area (Å²) in [4.78, 5) is 20.6. The van der Waals surface area contributed by atoms with Gasteiger partial charge in [-0.25, -0.2) is 0 Å². The third-order valence-electron chi connectivity index (χ3n) is 1.57. The first-order valence-electron chi connectivity index (χ1n) is 4.24. The second-order valence-electron chi connectivity index (χ2n) is 2.76. The quantitative estimate of drug-likeness (QED) is 0.419. The van der Waals surface area contributed by atoms with Gasteiger partial charge in [-0.2, -0.15) is 0 Å². The first-order valence-corrected chi connectivity index (χ1v) is 4.24. The minimum Gasteiger partial charge on any atom is -0.548 e. The van der Waals surface area contributed by atoms with Crippen LogP contribution in [0.3, 0.4) is 0 Å². The summed E-state index contributed by atoms with van der Waals surface area (Å²) in [6, 6.07) is -0.851. The van der Waals surface area contributed by atoms with E-state index in [0.29, 0.717) is 6.54 Å². The Kier molecular flexibility index (Phi) is 11.0. The van der Waals surface area contributed by atoms with Crippen LogP contribution in [-0.2, 0) is 9.59 Å². The first kappa shape index (κ1) is 16.3. The summed E-state index contributed by atoms with van der Waals surface area (Å²) in [5, 5.41) is 21.5. The Morgan fingerprint density at radius 3 is 2.43 bits per heavy atom. The Balaban J connectivity index is 0. The molecule has 14 heavy (non-hydrogen) atoms. The molecular weight excluding hydrogens is 197 g/mol. The summed E-state index contributed by atoms with van der Waals surface area (Å²) in [6.07, 6.45) is 0.712. The van der Waals surface area contributed by atoms with Crippen molar-refractivity contribution in [1.29, 1.82) is 0 Å². The van der Waals surface area contributed by atoms with E-state index in [-0.39, 0.29) is 42.4 Å². The van der Waals surface area contributed by atoms with E-state index in [1.54, 1.807) is 0 Å². The average Bonchev–Trinajstić information content (AvgIpc) is 2.03. The number of hydrogen-bond acceptors (Lipinski definition) is 4. The van der Waals surface area contributed by atoms with E-state index in [1.807, 2.05) is 6.92 Å². The van der Waals surface area contributed by atoms with E-state index < -0.39 is 18.0 Å². The third-order valence-corrected chi connectivity index (χ3v) is 1.57. The van der Waals surface area contributed by atoms with Gasteiger partial charge < -0.3 is 20.3 Å². The Labute approximate surface area is 105 Å². The monoisotopic (exact) mass is 211 g/mol. The van der Waals surface area contributed by atoms with Gasteiger partial charge in [0, 0.05) is 12.5 Å². The number of carboxylic acids is 2. The van der Waals surface area contributed by atoms with Crippen LogP contribution in [0.4, 0.5) is 0 Å². The number of carbonyl (C=O) groups excluding carboxylic acids is 1. The third kappa shape index (κ3) is 8.50. The Morgan fingerprint density at radius 2 is 2.07 bits per heavy atom. The summed E-state index contributed by atoms with van der Waals surface area (Å²) in [7, 11) is 0. The van der Waals surface area contributed by atoms with Crippen molar-refractivity contribution in [1.82, 2.24) is 5.32 Å². The fourth-order valence-electron chi connectivity index (χ4n) is 0.890. The molecule has 0 saturated carbocycles. The summed E-state index contributed by atoms with van der Waals surface area (Å²) >= 11 is 0. The Morgan fingerprint density at radius 1 is 1.50 bits per heavy atom. The summed E-state index contributed by atoms with van der Waals surface area (Å²) < 4.78 is 0. The maximum atomic E-state index is 10.5. The van der Waals surface area contributed by atoms with E-state index in [1.165, 1.54) is 0 Å². The zero-order valence-electron chi connectivity index (χ0n) is 8.58. The molecular formula is C8H14NNaO4. The molecule has 0 radical (unpaired) electrons. The zero-order chi connectivity index (χ0) is 10.3. The van der Waals surface area contributed by atoms with Crippen molar-refractivity contribution in [2.75, 3.05) is 6.54 Å². The number of carboxylic acid groups (broad SMARTS) is 2. The molecule has 0 unspecified atom stereocenters. The van der Waals surface area contributed by atoms with E-state index in [2.05, 4.69) is 5.32 Å². The molecule has 0 fully saturated rings. The van der Waals surface area contributed by atoms with E-state index in [0.717, 1.165) is 6.42 Å². The van der Waals surface area contributed by atoms with Crippen LogP contribution in [0.5, 0.6) is 0 Å². The first-order chi connectivity index (χ1) is 6.07. The van der Waals surface area contributed by atoms with Crippen LogP contribution in [0.25, 0.3) is 0 Å². The normalized spacial score (nSPS) is 11.5. The topological polar surface area (TPSA) is 89.5 Å². The van der Waals surface area contributed by atoms with E-state index in [4.69, 9.17) is 5.11 Å². The van der Waals surface area contributed by atoms with Gasteiger partial charge in [0.05, 0.1) is 5.97 Å². The van der Waals surface area contributed by atoms with Crippen molar-refractivity contribution < 1.29 is 49.4 Å². The molecule has 0 rings (SSSR count). The molecule has 76 valence electrons. The maximum absolute atomic E-state index is 10.5. The smallest absolute Gasteiger partial charge is 0.548 e. The van der Waals surface area contributed by atoms with Crippen LogP contribution in [0.15, 0.2) is 0 Å². The van der Waals surface area contributed by atoms with Gasteiger partial charge in [-0.1, -0.05) is 6.92 Å². The number of nitrogens with one attached hydrogen (secondary N) is 1. The predicted molar refractivity (Wildman–Crippen MR) is 44.0 cm³/mol. The van der Waals surface area contributed by atoms with E-state index >= 15 is 0 Å². The van der Waals surface area contributed by atoms with Crippen LogP contribution < -0.4 is 40.0 Å². The van der Waals surface area contributed by atoms with Gasteiger partial charge in [-0.15, -0.1) is 0 Å². The van der Waals surface area contributed by atoms with Crippen molar-refractivity contribution in [3.05, 3.63) is 0 Å². The van der Waals surface area contributed by atoms with Gasteiger partial charge in [0.2, 0.25) is 0 Å². The minimum atomic E-state index is -1.24. The van der Waals surface area contributed by atoms with Crippen molar-refractivity contribution in [3.63, 3.8) is 0 Å². The molecule has 0 aliphatic carbocycles. The molecule has 0 aromatic carbocycles. The minimum absolute atomic E-state index is 0. The van der Waals surface area contributed by atoms with Crippen LogP contribution >= 0.6 is 0 Å². The van der Waals surface area contributed by atoms with Crippen LogP contribution in [-0.4, -0.2) is 29.6 Å². The summed E-state index contributed by atoms with van der Waals surface area (Å²) in [5.41, 5.74) is 0. The molecule has 0 amide bonds. The van der Waals surface area contributed by atoms with Crippen LogP contribution in [0, 0.1) is 0 Å². The van der Waals surface area contributed by atoms with Gasteiger partial charge in [0.1, 0.15) is 0 Å². The molecule has 2 N–H and O–H groups in total. The van der Waals surface area contributed by atoms with Crippen molar-refractivity contribution >= 4 is 11.9 Å². The van der Waals surface area contributed by atoms with Crippen molar-refractivity contribution in [2.45, 2.75) is 32.2 Å². The summed E-state index contributed by atoms with van der Waals surface area (Å²) in [6.45, 7) is 2.45. The molecule has 0 saturated heterocycles. The molecule has 0 aliphatic rings. The fraction of sp³-hybridized carbons (Fsp3) is 0.750. The molecule has 6 heteroatoms. The van der Waals surface area contributed by atoms with Gasteiger partial charge in [-0.05, 0) is 19.4 Å². The molecule has 0 heterocycles. The SMILES string of the molecule is CCCN[C@@H](CCC(=O)O)C(=O)[O-].[Na+]. The van der Waals surface area contributed by atoms with Crippen LogP contribution in [0.1, 0.15) is 26.2 Å².